The van der Waals surface area contributed by atoms with Gasteiger partial charge in [-0.05, 0) is 78.6 Å². The highest BCUT2D eigenvalue weighted by molar-refractivity contribution is 5.97. The van der Waals surface area contributed by atoms with Crippen LogP contribution in [0.15, 0.2) is 41.3 Å². The maximum absolute atomic E-state index is 15.0. The molecule has 43 heavy (non-hydrogen) atoms. The molecule has 1 amide bonds. The number of nitrogens with zero attached hydrogens (tertiary/aromatic N) is 2. The largest absolute Gasteiger partial charge is 0.481 e. The Morgan fingerprint density at radius 3 is 2.49 bits per heavy atom. The monoisotopic (exact) mass is 594 g/mol. The van der Waals surface area contributed by atoms with E-state index in [2.05, 4.69) is 22.5 Å². The van der Waals surface area contributed by atoms with Crippen molar-refractivity contribution in [3.63, 3.8) is 0 Å². The van der Waals surface area contributed by atoms with Gasteiger partial charge in [-0.2, -0.15) is 0 Å². The zero-order chi connectivity index (χ0) is 31.5. The second-order valence-electron chi connectivity index (χ2n) is 12.6. The molecule has 1 aliphatic heterocycles. The van der Waals surface area contributed by atoms with E-state index in [9.17, 15) is 14.7 Å². The van der Waals surface area contributed by atoms with Crippen LogP contribution in [0.4, 0.5) is 4.39 Å². The van der Waals surface area contributed by atoms with Crippen molar-refractivity contribution in [2.75, 3.05) is 26.2 Å². The third-order valence-corrected chi connectivity index (χ3v) is 8.04. The number of rotatable bonds is 8. The molecule has 1 saturated carbocycles. The highest BCUT2D eigenvalue weighted by atomic mass is 19.1. The number of halogens is 1. The molecule has 5 rings (SSSR count). The lowest BCUT2D eigenvalue weighted by atomic mass is 9.93. The van der Waals surface area contributed by atoms with Crippen LogP contribution in [0, 0.1) is 18.2 Å². The first-order valence-electron chi connectivity index (χ1n) is 14.8. The van der Waals surface area contributed by atoms with E-state index in [1.165, 1.54) is 6.07 Å². The number of carboxylic acid groups (broad SMARTS) is 1. The molecule has 0 spiro atoms. The van der Waals surface area contributed by atoms with Crippen LogP contribution in [-0.2, 0) is 17.9 Å². The molecule has 4 N–H and O–H groups in total. The molecule has 232 valence electrons. The Morgan fingerprint density at radius 2 is 1.86 bits per heavy atom. The Balaban J connectivity index is 0.000000996. The number of hydrogen-bond acceptors (Lipinski definition) is 6. The second kappa shape index (κ2) is 13.4. The molecule has 2 aromatic carbocycles. The lowest BCUT2D eigenvalue weighted by Crippen LogP contribution is -2.49. The molecule has 1 saturated heterocycles. The minimum Gasteiger partial charge on any atom is -0.481 e. The summed E-state index contributed by atoms with van der Waals surface area (Å²) in [5, 5.41) is 25.1. The Kier molecular flexibility index (Phi) is 10.0. The van der Waals surface area contributed by atoms with E-state index in [-0.39, 0.29) is 24.1 Å². The summed E-state index contributed by atoms with van der Waals surface area (Å²) in [5.74, 6) is -1.52. The molecule has 9 nitrogen and oxygen atoms in total. The molecule has 2 heterocycles. The van der Waals surface area contributed by atoms with Crippen molar-refractivity contribution in [3.05, 3.63) is 69.4 Å². The minimum absolute atomic E-state index is 0.0317. The molecule has 1 atom stereocenters. The fraction of sp³-hybridized carbons (Fsp3) is 0.485. The number of aliphatic hydroxyl groups excluding tert-OH is 1. The number of hydrogen-bond donors (Lipinski definition) is 4. The SMILES string of the molecule is CC(=O)O.Cc1c(F)cc(C(=O)NC2CC2)cc1-c1ccc2c(=O)n(CC(C)(C)CO)cc(CN3CCNC[C@H]3C)c2c1. The van der Waals surface area contributed by atoms with Gasteiger partial charge in [0.1, 0.15) is 5.82 Å². The predicted octanol–water partition coefficient (Wildman–Crippen LogP) is 3.91. The number of amides is 1. The second-order valence-corrected chi connectivity index (χ2v) is 12.6. The summed E-state index contributed by atoms with van der Waals surface area (Å²) in [6, 6.07) is 9.19. The van der Waals surface area contributed by atoms with E-state index in [0.29, 0.717) is 41.2 Å². The van der Waals surface area contributed by atoms with Gasteiger partial charge in [0.15, 0.2) is 0 Å². The molecule has 2 fully saturated rings. The molecule has 1 aliphatic carbocycles. The summed E-state index contributed by atoms with van der Waals surface area (Å²) in [4.78, 5) is 37.7. The van der Waals surface area contributed by atoms with Gasteiger partial charge in [0.2, 0.25) is 0 Å². The maximum Gasteiger partial charge on any atom is 0.300 e. The highest BCUT2D eigenvalue weighted by Crippen LogP contribution is 2.31. The van der Waals surface area contributed by atoms with Crippen LogP contribution in [0.3, 0.4) is 0 Å². The number of aromatic nitrogens is 1. The molecule has 3 aromatic rings. The van der Waals surface area contributed by atoms with Crippen molar-refractivity contribution in [1.29, 1.82) is 0 Å². The van der Waals surface area contributed by atoms with E-state index >= 15 is 4.39 Å². The first-order chi connectivity index (χ1) is 20.3. The lowest BCUT2D eigenvalue weighted by Gasteiger charge is -2.34. The van der Waals surface area contributed by atoms with Gasteiger partial charge in [0.25, 0.3) is 17.4 Å². The van der Waals surface area contributed by atoms with E-state index in [1.807, 2.05) is 38.2 Å². The van der Waals surface area contributed by atoms with Crippen molar-refractivity contribution in [3.8, 4) is 11.1 Å². The van der Waals surface area contributed by atoms with Gasteiger partial charge in [-0.25, -0.2) is 4.39 Å². The average molecular weight is 595 g/mol. The van der Waals surface area contributed by atoms with Gasteiger partial charge in [0, 0.05) is 80.9 Å². The third-order valence-electron chi connectivity index (χ3n) is 8.04. The van der Waals surface area contributed by atoms with Crippen molar-refractivity contribution >= 4 is 22.6 Å². The van der Waals surface area contributed by atoms with Crippen LogP contribution in [0.5, 0.6) is 0 Å². The smallest absolute Gasteiger partial charge is 0.300 e. The first kappa shape index (κ1) is 32.3. The minimum atomic E-state index is -0.833. The van der Waals surface area contributed by atoms with Gasteiger partial charge in [0.05, 0.1) is 0 Å². The van der Waals surface area contributed by atoms with Crippen LogP contribution in [0.25, 0.3) is 21.9 Å². The van der Waals surface area contributed by atoms with Gasteiger partial charge in [-0.1, -0.05) is 19.9 Å². The van der Waals surface area contributed by atoms with Crippen molar-refractivity contribution < 1.29 is 24.2 Å². The third kappa shape index (κ3) is 8.07. The summed E-state index contributed by atoms with van der Waals surface area (Å²) in [6.07, 6.45) is 3.84. The topological polar surface area (TPSA) is 124 Å². The Morgan fingerprint density at radius 1 is 1.16 bits per heavy atom. The standard InChI is InChI=1S/C31H39FN4O3.C2H4O2/c1-19-14-33-9-10-35(19)15-23-16-36(17-31(3,4)18-37)30(39)25-8-5-21(11-27(23)25)26-12-22(13-28(32)20(26)2)29(38)34-24-6-7-24;1-2(3)4/h5,8,11-13,16,19,24,33,37H,6-7,9-10,14-15,17-18H2,1-4H3,(H,34,38);1H3,(H,3,4)/t19-;/m1./s1. The predicted molar refractivity (Wildman–Crippen MR) is 166 cm³/mol. The quantitative estimate of drug-likeness (QED) is 0.312. The van der Waals surface area contributed by atoms with Crippen molar-refractivity contribution in [1.82, 2.24) is 20.1 Å². The number of carbonyl (C=O) groups is 2. The molecular weight excluding hydrogens is 551 g/mol. The molecule has 2 aliphatic rings. The Hall–Kier alpha value is -3.60. The lowest BCUT2D eigenvalue weighted by molar-refractivity contribution is -0.134. The summed E-state index contributed by atoms with van der Waals surface area (Å²) in [6.45, 7) is 12.6. The molecule has 0 radical (unpaired) electrons. The fourth-order valence-corrected chi connectivity index (χ4v) is 5.33. The number of aliphatic carboxylic acids is 1. The van der Waals surface area contributed by atoms with Crippen LogP contribution in [0.2, 0.25) is 0 Å². The van der Waals surface area contributed by atoms with Crippen LogP contribution >= 0.6 is 0 Å². The van der Waals surface area contributed by atoms with Crippen LogP contribution < -0.4 is 16.2 Å². The normalized spacial score (nSPS) is 17.3. The Labute approximate surface area is 251 Å². The van der Waals surface area contributed by atoms with Gasteiger partial charge in [-0.3, -0.25) is 19.3 Å². The number of aliphatic hydroxyl groups is 1. The van der Waals surface area contributed by atoms with Gasteiger partial charge in [-0.15, -0.1) is 0 Å². The zero-order valence-corrected chi connectivity index (χ0v) is 25.7. The van der Waals surface area contributed by atoms with Crippen molar-refractivity contribution in [2.45, 2.75) is 72.6 Å². The maximum atomic E-state index is 15.0. The number of benzene rings is 2. The molecular formula is C33H43FN4O5. The van der Waals surface area contributed by atoms with E-state index < -0.39 is 17.2 Å². The fourth-order valence-electron chi connectivity index (χ4n) is 5.33. The molecule has 1 aromatic heterocycles. The molecule has 0 bridgehead atoms. The summed E-state index contributed by atoms with van der Waals surface area (Å²) in [7, 11) is 0. The van der Waals surface area contributed by atoms with Crippen molar-refractivity contribution in [2.24, 2.45) is 5.41 Å². The zero-order valence-electron chi connectivity index (χ0n) is 25.7. The molecule has 0 unspecified atom stereocenters. The molecule has 10 heteroatoms. The highest BCUT2D eigenvalue weighted by Gasteiger charge is 2.26. The summed E-state index contributed by atoms with van der Waals surface area (Å²) >= 11 is 0. The first-order valence-corrected chi connectivity index (χ1v) is 14.8. The Bertz CT molecular complexity index is 1560. The number of piperazine rings is 1. The van der Waals surface area contributed by atoms with Gasteiger partial charge < -0.3 is 25.4 Å². The van der Waals surface area contributed by atoms with E-state index in [1.54, 1.807) is 17.6 Å². The van der Waals surface area contributed by atoms with Gasteiger partial charge >= 0.3 is 0 Å². The number of pyridine rings is 1. The number of fused-ring (bicyclic) bond motifs is 1. The van der Waals surface area contributed by atoms with E-state index in [0.717, 1.165) is 55.9 Å². The number of carboxylic acids is 1. The number of nitrogens with one attached hydrogen (secondary N) is 2. The van der Waals surface area contributed by atoms with Crippen LogP contribution in [0.1, 0.15) is 62.0 Å². The van der Waals surface area contributed by atoms with Crippen LogP contribution in [-0.4, -0.2) is 69.9 Å². The number of carbonyl (C=O) groups excluding carboxylic acids is 1. The summed E-state index contributed by atoms with van der Waals surface area (Å²) < 4.78 is 16.7. The van der Waals surface area contributed by atoms with E-state index in [4.69, 9.17) is 9.90 Å². The summed E-state index contributed by atoms with van der Waals surface area (Å²) in [5.41, 5.74) is 2.62. The average Bonchev–Trinajstić information content (AvgIpc) is 3.77.